The van der Waals surface area contributed by atoms with Gasteiger partial charge in [-0.1, -0.05) is 41.9 Å². The Bertz CT molecular complexity index is 1180. The van der Waals surface area contributed by atoms with Crippen molar-refractivity contribution in [2.24, 2.45) is 0 Å². The molecule has 0 atom stereocenters. The van der Waals surface area contributed by atoms with Gasteiger partial charge in [0.2, 0.25) is 0 Å². The first-order chi connectivity index (χ1) is 15.2. The van der Waals surface area contributed by atoms with Crippen LogP contribution >= 0.6 is 22.9 Å². The number of rotatable bonds is 5. The lowest BCUT2D eigenvalue weighted by Gasteiger charge is -2.34. The highest BCUT2D eigenvalue weighted by Gasteiger charge is 2.16. The SMILES string of the molecule is CN1CCN(c2cccc3ccc(OCc4csc(-c5ccc(Cl)cc5)c4)cc23)CC1. The summed E-state index contributed by atoms with van der Waals surface area (Å²) in [6.45, 7) is 4.87. The van der Waals surface area contributed by atoms with Crippen LogP contribution in [0.3, 0.4) is 0 Å². The Labute approximate surface area is 192 Å². The topological polar surface area (TPSA) is 15.7 Å². The van der Waals surface area contributed by atoms with Crippen molar-refractivity contribution in [1.82, 2.24) is 4.90 Å². The highest BCUT2D eigenvalue weighted by molar-refractivity contribution is 7.13. The highest BCUT2D eigenvalue weighted by atomic mass is 35.5. The van der Waals surface area contributed by atoms with Crippen LogP contribution < -0.4 is 9.64 Å². The Morgan fingerprint density at radius 1 is 0.935 bits per heavy atom. The quantitative estimate of drug-likeness (QED) is 0.344. The van der Waals surface area contributed by atoms with Gasteiger partial charge in [0.25, 0.3) is 0 Å². The first kappa shape index (κ1) is 20.4. The van der Waals surface area contributed by atoms with Gasteiger partial charge in [0.1, 0.15) is 12.4 Å². The molecule has 1 aromatic heterocycles. The fourth-order valence-corrected chi connectivity index (χ4v) is 5.06. The van der Waals surface area contributed by atoms with Crippen molar-refractivity contribution >= 4 is 39.4 Å². The molecule has 0 radical (unpaired) electrons. The molecule has 5 rings (SSSR count). The molecule has 1 saturated heterocycles. The molecule has 0 unspecified atom stereocenters. The number of thiophene rings is 1. The molecule has 31 heavy (non-hydrogen) atoms. The van der Waals surface area contributed by atoms with Crippen LogP contribution in [0.25, 0.3) is 21.2 Å². The molecule has 0 N–H and O–H groups in total. The summed E-state index contributed by atoms with van der Waals surface area (Å²) < 4.78 is 6.19. The van der Waals surface area contributed by atoms with Gasteiger partial charge in [-0.05, 0) is 59.8 Å². The van der Waals surface area contributed by atoms with Crippen LogP contribution in [0, 0.1) is 0 Å². The summed E-state index contributed by atoms with van der Waals surface area (Å²) >= 11 is 7.74. The monoisotopic (exact) mass is 448 g/mol. The fourth-order valence-electron chi connectivity index (χ4n) is 4.03. The number of hydrogen-bond donors (Lipinski definition) is 0. The molecule has 2 heterocycles. The standard InChI is InChI=1S/C26H25ClN2OS/c1-28-11-13-29(14-12-28)25-4-2-3-20-7-10-23(16-24(20)25)30-17-19-15-26(31-18-19)21-5-8-22(27)9-6-21/h2-10,15-16,18H,11-14,17H2,1H3. The van der Waals surface area contributed by atoms with E-state index in [0.29, 0.717) is 6.61 Å². The van der Waals surface area contributed by atoms with Crippen molar-refractivity contribution in [1.29, 1.82) is 0 Å². The molecule has 1 aliphatic rings. The van der Waals surface area contributed by atoms with E-state index in [-0.39, 0.29) is 0 Å². The molecular weight excluding hydrogens is 424 g/mol. The third-order valence-electron chi connectivity index (χ3n) is 5.86. The first-order valence-electron chi connectivity index (χ1n) is 10.6. The van der Waals surface area contributed by atoms with Gasteiger partial charge in [0, 0.05) is 52.7 Å². The molecule has 4 aromatic rings. The molecule has 0 amide bonds. The van der Waals surface area contributed by atoms with Crippen LogP contribution in [0.1, 0.15) is 5.56 Å². The molecule has 158 valence electrons. The number of hydrogen-bond acceptors (Lipinski definition) is 4. The fraction of sp³-hybridized carbons (Fsp3) is 0.231. The molecule has 1 fully saturated rings. The number of halogens is 1. The number of piperazine rings is 1. The van der Waals surface area contributed by atoms with E-state index < -0.39 is 0 Å². The molecule has 0 bridgehead atoms. The third kappa shape index (κ3) is 4.57. The normalized spacial score (nSPS) is 14.8. The number of anilines is 1. The van der Waals surface area contributed by atoms with Crippen LogP contribution in [0.4, 0.5) is 5.69 Å². The second-order valence-electron chi connectivity index (χ2n) is 8.07. The lowest BCUT2D eigenvalue weighted by molar-refractivity contribution is 0.307. The van der Waals surface area contributed by atoms with Crippen molar-refractivity contribution in [3.8, 4) is 16.2 Å². The van der Waals surface area contributed by atoms with E-state index in [1.54, 1.807) is 11.3 Å². The zero-order chi connectivity index (χ0) is 21.2. The Balaban J connectivity index is 1.33. The second-order valence-corrected chi connectivity index (χ2v) is 9.41. The van der Waals surface area contributed by atoms with Crippen molar-refractivity contribution in [3.05, 3.63) is 82.7 Å². The summed E-state index contributed by atoms with van der Waals surface area (Å²) in [4.78, 5) is 6.10. The summed E-state index contributed by atoms with van der Waals surface area (Å²) in [5.74, 6) is 0.910. The van der Waals surface area contributed by atoms with Crippen molar-refractivity contribution < 1.29 is 4.74 Å². The van der Waals surface area contributed by atoms with Gasteiger partial charge in [0.15, 0.2) is 0 Å². The van der Waals surface area contributed by atoms with Crippen molar-refractivity contribution in [3.63, 3.8) is 0 Å². The van der Waals surface area contributed by atoms with Crippen LogP contribution in [0.15, 0.2) is 72.1 Å². The van der Waals surface area contributed by atoms with Crippen molar-refractivity contribution in [2.75, 3.05) is 38.1 Å². The van der Waals surface area contributed by atoms with E-state index >= 15 is 0 Å². The maximum absolute atomic E-state index is 6.19. The van der Waals surface area contributed by atoms with E-state index in [2.05, 4.69) is 76.8 Å². The zero-order valence-electron chi connectivity index (χ0n) is 17.6. The molecule has 1 aliphatic heterocycles. The Morgan fingerprint density at radius 2 is 1.74 bits per heavy atom. The predicted molar refractivity (Wildman–Crippen MR) is 133 cm³/mol. The average Bonchev–Trinajstić information content (AvgIpc) is 3.27. The molecule has 0 aliphatic carbocycles. The largest absolute Gasteiger partial charge is 0.489 e. The van der Waals surface area contributed by atoms with Crippen LogP contribution in [0.2, 0.25) is 5.02 Å². The molecule has 0 saturated carbocycles. The average molecular weight is 449 g/mol. The van der Waals surface area contributed by atoms with Crippen LogP contribution in [0.5, 0.6) is 5.75 Å². The summed E-state index contributed by atoms with van der Waals surface area (Å²) in [6.07, 6.45) is 0. The molecule has 3 aromatic carbocycles. The third-order valence-corrected chi connectivity index (χ3v) is 7.14. The van der Waals surface area contributed by atoms with E-state index in [0.717, 1.165) is 37.0 Å². The van der Waals surface area contributed by atoms with Gasteiger partial charge in [0.05, 0.1) is 0 Å². The smallest absolute Gasteiger partial charge is 0.120 e. The summed E-state index contributed by atoms with van der Waals surface area (Å²) in [7, 11) is 2.19. The van der Waals surface area contributed by atoms with E-state index in [1.807, 2.05) is 12.1 Å². The number of likely N-dealkylation sites (N-methyl/N-ethyl adjacent to an activating group) is 1. The van der Waals surface area contributed by atoms with Gasteiger partial charge >= 0.3 is 0 Å². The minimum Gasteiger partial charge on any atom is -0.489 e. The van der Waals surface area contributed by atoms with Crippen LogP contribution in [-0.4, -0.2) is 38.1 Å². The number of benzene rings is 3. The van der Waals surface area contributed by atoms with Gasteiger partial charge in [-0.3, -0.25) is 0 Å². The first-order valence-corrected chi connectivity index (χ1v) is 11.8. The van der Waals surface area contributed by atoms with Gasteiger partial charge in [-0.2, -0.15) is 0 Å². The molecule has 5 heteroatoms. The summed E-state index contributed by atoms with van der Waals surface area (Å²) in [5.41, 5.74) is 3.67. The Hall–Kier alpha value is -2.53. The number of fused-ring (bicyclic) bond motifs is 1. The Morgan fingerprint density at radius 3 is 2.55 bits per heavy atom. The zero-order valence-corrected chi connectivity index (χ0v) is 19.1. The highest BCUT2D eigenvalue weighted by Crippen LogP contribution is 2.32. The van der Waals surface area contributed by atoms with Gasteiger partial charge in [-0.15, -0.1) is 11.3 Å². The molecule has 0 spiro atoms. The summed E-state index contributed by atoms with van der Waals surface area (Å²) in [6, 6.07) is 23.2. The summed E-state index contributed by atoms with van der Waals surface area (Å²) in [5, 5.41) is 5.44. The van der Waals surface area contributed by atoms with E-state index in [9.17, 15) is 0 Å². The van der Waals surface area contributed by atoms with Crippen LogP contribution in [-0.2, 0) is 6.61 Å². The van der Waals surface area contributed by atoms with Gasteiger partial charge < -0.3 is 14.5 Å². The number of ether oxygens (including phenoxy) is 1. The maximum Gasteiger partial charge on any atom is 0.120 e. The molecular formula is C26H25ClN2OS. The van der Waals surface area contributed by atoms with Crippen molar-refractivity contribution in [2.45, 2.75) is 6.61 Å². The maximum atomic E-state index is 6.19. The Kier molecular flexibility index (Phi) is 5.86. The predicted octanol–water partition coefficient (Wildman–Crippen LogP) is 6.55. The second kappa shape index (κ2) is 8.91. The minimum atomic E-state index is 0.562. The number of nitrogens with zero attached hydrogens (tertiary/aromatic N) is 2. The van der Waals surface area contributed by atoms with E-state index in [1.165, 1.54) is 32.5 Å². The minimum absolute atomic E-state index is 0.562. The lowest BCUT2D eigenvalue weighted by Crippen LogP contribution is -2.44. The lowest BCUT2D eigenvalue weighted by atomic mass is 10.1. The molecule has 3 nitrogen and oxygen atoms in total. The van der Waals surface area contributed by atoms with E-state index in [4.69, 9.17) is 16.3 Å². The van der Waals surface area contributed by atoms with Gasteiger partial charge in [-0.25, -0.2) is 0 Å².